The van der Waals surface area contributed by atoms with Gasteiger partial charge in [0, 0.05) is 17.7 Å². The maximum Gasteiger partial charge on any atom is 0.313 e. The van der Waals surface area contributed by atoms with E-state index in [1.165, 1.54) is 6.07 Å². The molecule has 2 aromatic rings. The monoisotopic (exact) mass is 276 g/mol. The molecule has 0 amide bonds. The van der Waals surface area contributed by atoms with Gasteiger partial charge in [-0.05, 0) is 36.4 Å². The van der Waals surface area contributed by atoms with Crippen molar-refractivity contribution in [2.45, 2.75) is 13.8 Å². The van der Waals surface area contributed by atoms with Crippen molar-refractivity contribution in [3.8, 4) is 11.6 Å². The normalized spacial score (nSPS) is 10.1. The molecule has 1 heterocycles. The summed E-state index contributed by atoms with van der Waals surface area (Å²) in [5.74, 6) is 0.840. The summed E-state index contributed by atoms with van der Waals surface area (Å²) < 4.78 is 5.61. The molecule has 0 saturated heterocycles. The maximum atomic E-state index is 11.3. The minimum absolute atomic E-state index is 0.00457. The quantitative estimate of drug-likeness (QED) is 0.636. The van der Waals surface area contributed by atoms with E-state index in [0.717, 1.165) is 11.1 Å². The van der Waals surface area contributed by atoms with Crippen LogP contribution in [0, 0.1) is 5.21 Å². The van der Waals surface area contributed by atoms with Gasteiger partial charge in [0.2, 0.25) is 0 Å². The molecule has 0 N–H and O–H groups in total. The zero-order chi connectivity index (χ0) is 13.8. The summed E-state index contributed by atoms with van der Waals surface area (Å²) in [6.07, 6.45) is 2.00. The number of para-hydroxylation sites is 1. The third-order valence-electron chi connectivity index (χ3n) is 2.31. The molecule has 0 spiro atoms. The molecule has 98 valence electrons. The minimum atomic E-state index is 0.00457. The number of aromatic nitrogens is 2. The van der Waals surface area contributed by atoms with E-state index >= 15 is 0 Å². The van der Waals surface area contributed by atoms with Crippen LogP contribution in [0.15, 0.2) is 42.0 Å². The summed E-state index contributed by atoms with van der Waals surface area (Å²) in [4.78, 5) is 0.320. The SMILES string of the molecule is CC(C)=Cc1ccccc1Oc1ccc(Cl)[n+]([O-])n1. The van der Waals surface area contributed by atoms with Crippen molar-refractivity contribution in [3.63, 3.8) is 0 Å². The third kappa shape index (κ3) is 3.45. The molecule has 19 heavy (non-hydrogen) atoms. The average molecular weight is 277 g/mol. The molecule has 2 rings (SSSR count). The van der Waals surface area contributed by atoms with Crippen molar-refractivity contribution in [3.05, 3.63) is 57.9 Å². The lowest BCUT2D eigenvalue weighted by atomic mass is 10.1. The van der Waals surface area contributed by atoms with E-state index in [9.17, 15) is 5.21 Å². The van der Waals surface area contributed by atoms with Crippen LogP contribution in [0.5, 0.6) is 11.6 Å². The fourth-order valence-electron chi connectivity index (χ4n) is 1.55. The van der Waals surface area contributed by atoms with Crippen molar-refractivity contribution in [1.82, 2.24) is 5.10 Å². The summed E-state index contributed by atoms with van der Waals surface area (Å²) in [5.41, 5.74) is 2.08. The van der Waals surface area contributed by atoms with Gasteiger partial charge in [-0.1, -0.05) is 29.8 Å². The van der Waals surface area contributed by atoms with Crippen molar-refractivity contribution >= 4 is 17.7 Å². The van der Waals surface area contributed by atoms with Crippen molar-refractivity contribution < 1.29 is 9.58 Å². The van der Waals surface area contributed by atoms with Gasteiger partial charge >= 0.3 is 5.15 Å². The first-order chi connectivity index (χ1) is 9.06. The van der Waals surface area contributed by atoms with E-state index in [1.54, 1.807) is 6.07 Å². The molecule has 0 saturated carbocycles. The highest BCUT2D eigenvalue weighted by Gasteiger charge is 2.09. The van der Waals surface area contributed by atoms with Gasteiger partial charge < -0.3 is 9.94 Å². The lowest BCUT2D eigenvalue weighted by molar-refractivity contribution is -0.667. The van der Waals surface area contributed by atoms with E-state index in [1.807, 2.05) is 44.2 Å². The van der Waals surface area contributed by atoms with Gasteiger partial charge in [-0.2, -0.15) is 0 Å². The average Bonchev–Trinajstić information content (AvgIpc) is 2.36. The summed E-state index contributed by atoms with van der Waals surface area (Å²) in [5, 5.41) is 15.0. The second-order valence-corrected chi connectivity index (χ2v) is 4.62. The highest BCUT2D eigenvalue weighted by molar-refractivity contribution is 6.28. The highest BCUT2D eigenvalue weighted by Crippen LogP contribution is 2.25. The van der Waals surface area contributed by atoms with E-state index in [4.69, 9.17) is 16.3 Å². The van der Waals surface area contributed by atoms with Gasteiger partial charge in [-0.3, -0.25) is 0 Å². The number of ether oxygens (including phenoxy) is 1. The van der Waals surface area contributed by atoms with E-state index in [0.29, 0.717) is 10.6 Å². The smallest absolute Gasteiger partial charge is 0.313 e. The molecule has 5 heteroatoms. The Bertz CT molecular complexity index is 623. The van der Waals surface area contributed by atoms with Gasteiger partial charge in [0.25, 0.3) is 5.88 Å². The number of rotatable bonds is 3. The molecule has 0 fully saturated rings. The van der Waals surface area contributed by atoms with Gasteiger partial charge in [-0.15, -0.1) is 0 Å². The van der Waals surface area contributed by atoms with Gasteiger partial charge in [-0.25, -0.2) is 0 Å². The Balaban J connectivity index is 2.33. The van der Waals surface area contributed by atoms with E-state index < -0.39 is 0 Å². The summed E-state index contributed by atoms with van der Waals surface area (Å²) in [6.45, 7) is 4.01. The molecular weight excluding hydrogens is 264 g/mol. The number of hydrogen-bond donors (Lipinski definition) is 0. The van der Waals surface area contributed by atoms with Crippen LogP contribution in [0.2, 0.25) is 5.15 Å². The van der Waals surface area contributed by atoms with Crippen LogP contribution in [0.3, 0.4) is 0 Å². The lowest BCUT2D eigenvalue weighted by Gasteiger charge is -2.07. The molecule has 0 radical (unpaired) electrons. The number of allylic oxidation sites excluding steroid dienone is 1. The maximum absolute atomic E-state index is 11.3. The predicted octanol–water partition coefficient (Wildman–Crippen LogP) is 3.58. The van der Waals surface area contributed by atoms with Crippen LogP contribution in [-0.4, -0.2) is 5.10 Å². The van der Waals surface area contributed by atoms with Crippen LogP contribution in [0.25, 0.3) is 6.08 Å². The van der Waals surface area contributed by atoms with Gasteiger partial charge in [0.05, 0.1) is 5.10 Å². The highest BCUT2D eigenvalue weighted by atomic mass is 35.5. The first-order valence-corrected chi connectivity index (χ1v) is 6.12. The standard InChI is InChI=1S/C14H13ClN2O2/c1-10(2)9-11-5-3-4-6-12(11)19-14-8-7-13(15)17(18)16-14/h3-9H,1-2H3. The predicted molar refractivity (Wildman–Crippen MR) is 74.0 cm³/mol. The Morgan fingerprint density at radius 1 is 1.26 bits per heavy atom. The molecule has 1 aromatic carbocycles. The van der Waals surface area contributed by atoms with E-state index in [-0.39, 0.29) is 11.0 Å². The molecule has 0 bridgehead atoms. The zero-order valence-electron chi connectivity index (χ0n) is 10.6. The van der Waals surface area contributed by atoms with Crippen LogP contribution < -0.4 is 9.58 Å². The molecular formula is C14H13ClN2O2. The Hall–Kier alpha value is -2.07. The molecule has 0 aliphatic rings. The topological polar surface area (TPSA) is 49.1 Å². The Morgan fingerprint density at radius 2 is 2.00 bits per heavy atom. The third-order valence-corrected chi connectivity index (χ3v) is 2.58. The lowest BCUT2D eigenvalue weighted by Crippen LogP contribution is -2.32. The molecule has 0 atom stereocenters. The first kappa shape index (κ1) is 13.4. The minimum Gasteiger partial charge on any atom is -0.593 e. The van der Waals surface area contributed by atoms with Crippen molar-refractivity contribution in [1.29, 1.82) is 0 Å². The van der Waals surface area contributed by atoms with Crippen LogP contribution in [0.1, 0.15) is 19.4 Å². The van der Waals surface area contributed by atoms with Crippen LogP contribution in [0.4, 0.5) is 0 Å². The Kier molecular flexibility index (Phi) is 4.02. The van der Waals surface area contributed by atoms with Gasteiger partial charge in [0.15, 0.2) is 0 Å². The van der Waals surface area contributed by atoms with Gasteiger partial charge in [0.1, 0.15) is 5.75 Å². The number of hydrogen-bond acceptors (Lipinski definition) is 3. The largest absolute Gasteiger partial charge is 0.593 e. The van der Waals surface area contributed by atoms with Crippen LogP contribution in [-0.2, 0) is 0 Å². The van der Waals surface area contributed by atoms with Crippen LogP contribution >= 0.6 is 11.6 Å². The number of benzene rings is 1. The molecule has 0 unspecified atom stereocenters. The first-order valence-electron chi connectivity index (χ1n) is 5.74. The number of nitrogens with zero attached hydrogens (tertiary/aromatic N) is 2. The van der Waals surface area contributed by atoms with Crippen molar-refractivity contribution in [2.24, 2.45) is 0 Å². The summed E-state index contributed by atoms with van der Waals surface area (Å²) in [6, 6.07) is 10.5. The Labute approximate surface area is 116 Å². The van der Waals surface area contributed by atoms with E-state index in [2.05, 4.69) is 5.10 Å². The second kappa shape index (κ2) is 5.71. The molecule has 1 aromatic heterocycles. The second-order valence-electron chi connectivity index (χ2n) is 4.23. The van der Waals surface area contributed by atoms with Crippen molar-refractivity contribution in [2.75, 3.05) is 0 Å². The summed E-state index contributed by atoms with van der Waals surface area (Å²) in [7, 11) is 0. The molecule has 0 aliphatic carbocycles. The fraction of sp³-hybridized carbons (Fsp3) is 0.143. The molecule has 4 nitrogen and oxygen atoms in total. The summed E-state index contributed by atoms with van der Waals surface area (Å²) >= 11 is 5.61. The fourth-order valence-corrected chi connectivity index (χ4v) is 1.65. The Morgan fingerprint density at radius 3 is 2.68 bits per heavy atom. The zero-order valence-corrected chi connectivity index (χ0v) is 11.4. The molecule has 0 aliphatic heterocycles. The number of halogens is 1.